The van der Waals surface area contributed by atoms with Gasteiger partial charge in [-0.1, -0.05) is 31.9 Å². The van der Waals surface area contributed by atoms with Crippen LogP contribution in [0.3, 0.4) is 0 Å². The van der Waals surface area contributed by atoms with Gasteiger partial charge in [-0.3, -0.25) is 24.1 Å². The number of fused-ring (bicyclic) bond motifs is 1. The number of rotatable bonds is 23. The van der Waals surface area contributed by atoms with Crippen molar-refractivity contribution in [3.8, 4) is 5.75 Å². The molecule has 8 N–H and O–H groups in total. The lowest BCUT2D eigenvalue weighted by atomic mass is 10.1. The lowest BCUT2D eigenvalue weighted by Crippen LogP contribution is -2.48. The number of nitrogens with two attached hydrogens (primary N) is 2. The number of unbranched alkanes of at least 4 members (excludes halogenated alkanes) is 2. The Morgan fingerprint density at radius 1 is 1.00 bits per heavy atom. The van der Waals surface area contributed by atoms with Crippen molar-refractivity contribution in [1.82, 2.24) is 29.7 Å². The number of aromatic nitrogens is 3. The fourth-order valence-electron chi connectivity index (χ4n) is 6.01. The predicted molar refractivity (Wildman–Crippen MR) is 206 cm³/mol. The molecule has 1 aliphatic heterocycles. The van der Waals surface area contributed by atoms with E-state index in [-0.39, 0.29) is 50.2 Å². The summed E-state index contributed by atoms with van der Waals surface area (Å²) in [6.45, 7) is 7.44. The van der Waals surface area contributed by atoms with Crippen LogP contribution >= 0.6 is 11.8 Å². The number of carbonyl (C=O) groups excluding carboxylic acids is 2. The van der Waals surface area contributed by atoms with Crippen LogP contribution in [0.1, 0.15) is 50.2 Å². The van der Waals surface area contributed by atoms with Gasteiger partial charge in [0.2, 0.25) is 17.8 Å². The first-order valence-electron chi connectivity index (χ1n) is 18.2. The van der Waals surface area contributed by atoms with Crippen LogP contribution in [0.15, 0.2) is 30.5 Å². The number of ether oxygens (including phenoxy) is 2. The highest BCUT2D eigenvalue weighted by atomic mass is 32.2. The van der Waals surface area contributed by atoms with Gasteiger partial charge >= 0.3 is 11.9 Å². The molecule has 1 fully saturated rings. The molecule has 0 spiro atoms. The Hall–Kier alpha value is -4.65. The van der Waals surface area contributed by atoms with E-state index in [0.29, 0.717) is 19.6 Å². The molecule has 296 valence electrons. The lowest BCUT2D eigenvalue weighted by Gasteiger charge is -2.35. The molecule has 3 heterocycles. The predicted octanol–water partition coefficient (Wildman–Crippen LogP) is 1.83. The van der Waals surface area contributed by atoms with Crippen molar-refractivity contribution in [2.45, 2.75) is 63.4 Å². The molecule has 2 atom stereocenters. The van der Waals surface area contributed by atoms with Crippen molar-refractivity contribution in [1.29, 1.82) is 0 Å². The van der Waals surface area contributed by atoms with Gasteiger partial charge in [0.15, 0.2) is 5.82 Å². The molecule has 1 aliphatic rings. The Balaban J connectivity index is 1.17. The maximum atomic E-state index is 12.8. The van der Waals surface area contributed by atoms with Gasteiger partial charge in [0.1, 0.15) is 22.6 Å². The summed E-state index contributed by atoms with van der Waals surface area (Å²) in [5.41, 5.74) is 15.2. The lowest BCUT2D eigenvalue weighted by molar-refractivity contribution is -0.139. The first-order valence-corrected chi connectivity index (χ1v) is 19.2. The van der Waals surface area contributed by atoms with E-state index in [2.05, 4.69) is 55.2 Å². The number of carboxylic acids is 2. The van der Waals surface area contributed by atoms with Crippen LogP contribution in [0.5, 0.6) is 5.75 Å². The van der Waals surface area contributed by atoms with Crippen LogP contribution in [-0.4, -0.2) is 135 Å². The summed E-state index contributed by atoms with van der Waals surface area (Å²) in [4.78, 5) is 60.3. The molecule has 2 amide bonds. The van der Waals surface area contributed by atoms with Crippen LogP contribution in [0.2, 0.25) is 0 Å². The fourth-order valence-corrected chi connectivity index (χ4v) is 7.00. The molecular formula is C36H53N9O8S. The first-order chi connectivity index (χ1) is 26.0. The molecule has 2 unspecified atom stereocenters. The second kappa shape index (κ2) is 21.3. The van der Waals surface area contributed by atoms with Crippen molar-refractivity contribution in [3.63, 3.8) is 0 Å². The second-order valence-corrected chi connectivity index (χ2v) is 14.3. The van der Waals surface area contributed by atoms with E-state index in [1.54, 1.807) is 7.11 Å². The molecule has 0 saturated carbocycles. The summed E-state index contributed by atoms with van der Waals surface area (Å²) >= 11 is 0.808. The number of anilines is 2. The van der Waals surface area contributed by atoms with Gasteiger partial charge in [-0.25, -0.2) is 4.98 Å². The quantitative estimate of drug-likeness (QED) is 0.0754. The normalized spacial score (nSPS) is 14.5. The summed E-state index contributed by atoms with van der Waals surface area (Å²) in [5, 5.41) is 23.1. The van der Waals surface area contributed by atoms with Crippen LogP contribution in [-0.2, 0) is 37.0 Å². The third kappa shape index (κ3) is 12.7. The minimum atomic E-state index is -1.24. The summed E-state index contributed by atoms with van der Waals surface area (Å²) in [6, 6.07) is 7.00. The van der Waals surface area contributed by atoms with Crippen molar-refractivity contribution < 1.29 is 38.9 Å². The number of hydrogen-bond acceptors (Lipinski definition) is 13. The molecule has 0 bridgehead atoms. The van der Waals surface area contributed by atoms with Crippen molar-refractivity contribution >= 4 is 58.3 Å². The summed E-state index contributed by atoms with van der Waals surface area (Å²) in [7, 11) is 1.67. The maximum Gasteiger partial charge on any atom is 0.321 e. The Morgan fingerprint density at radius 2 is 1.78 bits per heavy atom. The number of aliphatic carboxylic acids is 2. The number of nitrogen functional groups attached to an aromatic ring is 1. The van der Waals surface area contributed by atoms with E-state index in [9.17, 15) is 24.3 Å². The number of nitrogens with zero attached hydrogens (tertiary/aromatic N) is 5. The molecular weight excluding hydrogens is 719 g/mol. The highest BCUT2D eigenvalue weighted by molar-refractivity contribution is 8.00. The number of nitrogens with one attached hydrogen (secondary N) is 2. The van der Waals surface area contributed by atoms with Crippen molar-refractivity contribution in [3.05, 3.63) is 41.6 Å². The standard InChI is InChI=1S/C36H53N9O8S/c1-3-4-5-10-40-33-32-27(41-36(38)42-33)8-12-45(32)22-25-7-6-24(19-28(25)52-2)21-43-13-15-44(16-14-43)31(47)9-17-53-18-11-39-30(46)20-29(35(50)51)54-23-26(37)34(48)49/h6-8,12,19,26,29H,3-5,9-11,13-18,20-23,37H2,1-2H3,(H,39,46)(H,48,49)(H,50,51)(H3,38,40,41,42). The molecule has 3 aromatic rings. The van der Waals surface area contributed by atoms with E-state index < -0.39 is 29.1 Å². The van der Waals surface area contributed by atoms with Gasteiger partial charge in [-0.2, -0.15) is 4.98 Å². The number of hydrogen-bond donors (Lipinski definition) is 6. The Bertz CT molecular complexity index is 1720. The van der Waals surface area contributed by atoms with Crippen molar-refractivity contribution in [2.75, 3.05) is 76.4 Å². The third-order valence-electron chi connectivity index (χ3n) is 8.99. The average molecular weight is 772 g/mol. The van der Waals surface area contributed by atoms with Crippen LogP contribution in [0, 0.1) is 0 Å². The van der Waals surface area contributed by atoms with Crippen molar-refractivity contribution in [2.24, 2.45) is 5.73 Å². The highest BCUT2D eigenvalue weighted by Gasteiger charge is 2.25. The molecule has 18 heteroatoms. The summed E-state index contributed by atoms with van der Waals surface area (Å²) in [6.07, 6.45) is 5.19. The molecule has 0 aliphatic carbocycles. The minimum Gasteiger partial charge on any atom is -0.496 e. The zero-order chi connectivity index (χ0) is 39.0. The van der Waals surface area contributed by atoms with Gasteiger partial charge in [0, 0.05) is 69.7 Å². The SMILES string of the molecule is CCCCCNc1nc(N)nc2ccn(Cc3ccc(CN4CCN(C(=O)CCOCCNC(=O)CC(SCC(N)C(=O)O)C(=O)O)CC4)cc3OC)c12. The summed E-state index contributed by atoms with van der Waals surface area (Å²) in [5.74, 6) is -1.34. The van der Waals surface area contributed by atoms with Gasteiger partial charge in [0.05, 0.1) is 38.8 Å². The third-order valence-corrected chi connectivity index (χ3v) is 10.3. The molecule has 2 aromatic heterocycles. The van der Waals surface area contributed by atoms with E-state index in [0.717, 1.165) is 90.9 Å². The van der Waals surface area contributed by atoms with E-state index in [4.69, 9.17) is 26.0 Å². The monoisotopic (exact) mass is 771 g/mol. The Morgan fingerprint density at radius 3 is 2.48 bits per heavy atom. The number of benzene rings is 1. The molecule has 1 aromatic carbocycles. The molecule has 1 saturated heterocycles. The minimum absolute atomic E-state index is 0.00413. The highest BCUT2D eigenvalue weighted by Crippen LogP contribution is 2.28. The fraction of sp³-hybridized carbons (Fsp3) is 0.556. The van der Waals surface area contributed by atoms with E-state index >= 15 is 0 Å². The zero-order valence-corrected chi connectivity index (χ0v) is 31.8. The molecule has 4 rings (SSSR count). The Labute approximate surface area is 319 Å². The number of thioether (sulfide) groups is 1. The topological polar surface area (TPSA) is 240 Å². The Kier molecular flexibility index (Phi) is 16.6. The van der Waals surface area contributed by atoms with Crippen LogP contribution in [0.25, 0.3) is 11.0 Å². The van der Waals surface area contributed by atoms with Gasteiger partial charge < -0.3 is 51.3 Å². The number of piperazine rings is 1. The summed E-state index contributed by atoms with van der Waals surface area (Å²) < 4.78 is 13.4. The maximum absolute atomic E-state index is 12.8. The number of carboxylic acid groups (broad SMARTS) is 2. The number of amides is 2. The van der Waals surface area contributed by atoms with Gasteiger partial charge in [0.25, 0.3) is 0 Å². The smallest absolute Gasteiger partial charge is 0.321 e. The largest absolute Gasteiger partial charge is 0.496 e. The second-order valence-electron chi connectivity index (χ2n) is 13.1. The molecule has 0 radical (unpaired) electrons. The van der Waals surface area contributed by atoms with E-state index in [1.165, 1.54) is 0 Å². The number of carbonyl (C=O) groups is 4. The average Bonchev–Trinajstić information content (AvgIpc) is 3.55. The van der Waals surface area contributed by atoms with Crippen LogP contribution < -0.4 is 26.8 Å². The van der Waals surface area contributed by atoms with E-state index in [1.807, 2.05) is 17.2 Å². The zero-order valence-electron chi connectivity index (χ0n) is 31.0. The van der Waals surface area contributed by atoms with Crippen LogP contribution in [0.4, 0.5) is 11.8 Å². The van der Waals surface area contributed by atoms with Gasteiger partial charge in [-0.05, 0) is 24.1 Å². The molecule has 17 nitrogen and oxygen atoms in total. The van der Waals surface area contributed by atoms with Gasteiger partial charge in [-0.15, -0.1) is 11.8 Å². The number of methoxy groups -OCH3 is 1. The molecule has 54 heavy (non-hydrogen) atoms. The first kappa shape index (κ1) is 42.1.